The van der Waals surface area contributed by atoms with Crippen molar-refractivity contribution in [2.75, 3.05) is 36.4 Å². The van der Waals surface area contributed by atoms with Gasteiger partial charge < -0.3 is 15.1 Å². The van der Waals surface area contributed by atoms with E-state index in [-0.39, 0.29) is 6.03 Å². The molecule has 0 unspecified atom stereocenters. The van der Waals surface area contributed by atoms with Crippen molar-refractivity contribution < 1.29 is 4.79 Å². The Labute approximate surface area is 210 Å². The zero-order valence-corrected chi connectivity index (χ0v) is 20.4. The number of pyridine rings is 1. The summed E-state index contributed by atoms with van der Waals surface area (Å²) in [6.07, 6.45) is 1.80. The second-order valence-corrected chi connectivity index (χ2v) is 10.1. The molecule has 9 heteroatoms. The lowest BCUT2D eigenvalue weighted by molar-refractivity contribution is 0.208. The molecule has 0 saturated carbocycles. The van der Waals surface area contributed by atoms with Crippen molar-refractivity contribution in [2.45, 2.75) is 0 Å². The zero-order chi connectivity index (χ0) is 23.6. The molecule has 4 aromatic heterocycles. The number of carbonyl (C=O) groups excluding carboxylic acids is 1. The van der Waals surface area contributed by atoms with E-state index in [1.54, 1.807) is 28.9 Å². The van der Waals surface area contributed by atoms with Crippen molar-refractivity contribution in [3.8, 4) is 21.1 Å². The molecular formula is C26H22N6OS2. The first-order chi connectivity index (χ1) is 17.2. The Kier molecular flexibility index (Phi) is 5.85. The predicted octanol–water partition coefficient (Wildman–Crippen LogP) is 5.84. The van der Waals surface area contributed by atoms with Gasteiger partial charge in [-0.25, -0.2) is 19.7 Å². The molecule has 5 aromatic rings. The monoisotopic (exact) mass is 498 g/mol. The van der Waals surface area contributed by atoms with Crippen LogP contribution >= 0.6 is 22.7 Å². The van der Waals surface area contributed by atoms with E-state index in [1.165, 1.54) is 0 Å². The average molecular weight is 499 g/mol. The molecule has 1 aromatic carbocycles. The van der Waals surface area contributed by atoms with Gasteiger partial charge in [0.25, 0.3) is 0 Å². The maximum Gasteiger partial charge on any atom is 0.321 e. The maximum absolute atomic E-state index is 13.0. The number of amides is 2. The fourth-order valence-electron chi connectivity index (χ4n) is 4.18. The standard InChI is InChI=1S/C26H22N6OS2/c33-26(32-13-11-31(12-14-32)23-7-1-2-10-27-23)28-18-8-9-19-20(17-18)30-25(22-6-4-16-35-22)24(29-19)21-5-3-15-34-21/h1-10,15-17H,11-14H2,(H,28,33). The summed E-state index contributed by atoms with van der Waals surface area (Å²) in [5.74, 6) is 0.948. The third kappa shape index (κ3) is 4.48. The highest BCUT2D eigenvalue weighted by Gasteiger charge is 2.22. The van der Waals surface area contributed by atoms with E-state index < -0.39 is 0 Å². The number of thiophene rings is 2. The van der Waals surface area contributed by atoms with Gasteiger partial charge in [-0.2, -0.15) is 0 Å². The Morgan fingerprint density at radius 3 is 2.14 bits per heavy atom. The molecule has 174 valence electrons. The lowest BCUT2D eigenvalue weighted by Crippen LogP contribution is -2.50. The molecule has 7 nitrogen and oxygen atoms in total. The van der Waals surface area contributed by atoms with Crippen molar-refractivity contribution in [1.82, 2.24) is 19.9 Å². The van der Waals surface area contributed by atoms with Crippen LogP contribution in [0, 0.1) is 0 Å². The summed E-state index contributed by atoms with van der Waals surface area (Å²) in [6.45, 7) is 2.79. The summed E-state index contributed by atoms with van der Waals surface area (Å²) in [7, 11) is 0. The predicted molar refractivity (Wildman–Crippen MR) is 143 cm³/mol. The summed E-state index contributed by atoms with van der Waals surface area (Å²) < 4.78 is 0. The van der Waals surface area contributed by atoms with Gasteiger partial charge in [-0.15, -0.1) is 22.7 Å². The number of nitrogens with one attached hydrogen (secondary N) is 1. The SMILES string of the molecule is O=C(Nc1ccc2nc(-c3cccs3)c(-c3cccs3)nc2c1)N1CCN(c2ccccn2)CC1. The van der Waals surface area contributed by atoms with E-state index in [0.29, 0.717) is 18.8 Å². The van der Waals surface area contributed by atoms with Crippen molar-refractivity contribution in [3.63, 3.8) is 0 Å². The number of hydrogen-bond acceptors (Lipinski definition) is 7. The topological polar surface area (TPSA) is 74.2 Å². The quantitative estimate of drug-likeness (QED) is 0.337. The molecule has 2 amide bonds. The minimum Gasteiger partial charge on any atom is -0.353 e. The minimum absolute atomic E-state index is 0.105. The summed E-state index contributed by atoms with van der Waals surface area (Å²) >= 11 is 3.30. The molecule has 1 aliphatic heterocycles. The van der Waals surface area contributed by atoms with Gasteiger partial charge in [0.05, 0.1) is 20.8 Å². The Hall–Kier alpha value is -3.82. The van der Waals surface area contributed by atoms with Crippen LogP contribution in [0.25, 0.3) is 32.2 Å². The van der Waals surface area contributed by atoms with Gasteiger partial charge >= 0.3 is 6.03 Å². The third-order valence-corrected chi connectivity index (χ3v) is 7.72. The fraction of sp³-hybridized carbons (Fsp3) is 0.154. The summed E-state index contributed by atoms with van der Waals surface area (Å²) in [5, 5.41) is 7.14. The normalized spacial score (nSPS) is 13.8. The van der Waals surface area contributed by atoms with Crippen LogP contribution in [0.5, 0.6) is 0 Å². The first kappa shape index (κ1) is 21.7. The summed E-state index contributed by atoms with van der Waals surface area (Å²) in [4.78, 5) is 33.5. The molecule has 1 aliphatic rings. The van der Waals surface area contributed by atoms with E-state index in [4.69, 9.17) is 9.97 Å². The number of fused-ring (bicyclic) bond motifs is 1. The number of aromatic nitrogens is 3. The summed E-state index contributed by atoms with van der Waals surface area (Å²) in [6, 6.07) is 19.7. The van der Waals surface area contributed by atoms with E-state index in [9.17, 15) is 4.79 Å². The van der Waals surface area contributed by atoms with Gasteiger partial charge in [-0.1, -0.05) is 18.2 Å². The van der Waals surface area contributed by atoms with Crippen LogP contribution in [-0.4, -0.2) is 52.1 Å². The van der Waals surface area contributed by atoms with E-state index in [2.05, 4.69) is 27.3 Å². The number of piperazine rings is 1. The lowest BCUT2D eigenvalue weighted by atomic mass is 10.2. The van der Waals surface area contributed by atoms with Crippen molar-refractivity contribution in [3.05, 3.63) is 77.6 Å². The highest BCUT2D eigenvalue weighted by Crippen LogP contribution is 2.35. The van der Waals surface area contributed by atoms with Crippen LogP contribution < -0.4 is 10.2 Å². The van der Waals surface area contributed by atoms with Crippen LogP contribution in [0.4, 0.5) is 16.3 Å². The molecule has 1 saturated heterocycles. The maximum atomic E-state index is 13.0. The number of nitrogens with zero attached hydrogens (tertiary/aromatic N) is 5. The fourth-order valence-corrected chi connectivity index (χ4v) is 5.61. The number of rotatable bonds is 4. The smallest absolute Gasteiger partial charge is 0.321 e. The molecule has 1 fully saturated rings. The molecule has 35 heavy (non-hydrogen) atoms. The molecule has 0 aliphatic carbocycles. The van der Waals surface area contributed by atoms with E-state index in [1.807, 2.05) is 64.2 Å². The second-order valence-electron chi connectivity index (χ2n) is 8.17. The number of anilines is 2. The number of benzene rings is 1. The summed E-state index contributed by atoms with van der Waals surface area (Å²) in [5.41, 5.74) is 4.02. The van der Waals surface area contributed by atoms with Crippen LogP contribution in [0.2, 0.25) is 0 Å². The third-order valence-electron chi connectivity index (χ3n) is 5.96. The van der Waals surface area contributed by atoms with Crippen LogP contribution in [0.15, 0.2) is 77.6 Å². The molecule has 5 heterocycles. The average Bonchev–Trinajstić information content (AvgIpc) is 3.63. The number of urea groups is 1. The van der Waals surface area contributed by atoms with Gasteiger partial charge in [0.15, 0.2) is 0 Å². The van der Waals surface area contributed by atoms with E-state index >= 15 is 0 Å². The van der Waals surface area contributed by atoms with Gasteiger partial charge in [0.1, 0.15) is 17.2 Å². The van der Waals surface area contributed by atoms with E-state index in [0.717, 1.165) is 51.1 Å². The highest BCUT2D eigenvalue weighted by molar-refractivity contribution is 7.14. The Bertz CT molecular complexity index is 1450. The van der Waals surface area contributed by atoms with Crippen molar-refractivity contribution >= 4 is 51.2 Å². The first-order valence-corrected chi connectivity index (χ1v) is 13.1. The van der Waals surface area contributed by atoms with Gasteiger partial charge in [0, 0.05) is 38.1 Å². The highest BCUT2D eigenvalue weighted by atomic mass is 32.1. The molecule has 0 radical (unpaired) electrons. The van der Waals surface area contributed by atoms with Crippen molar-refractivity contribution in [2.24, 2.45) is 0 Å². The largest absolute Gasteiger partial charge is 0.353 e. The first-order valence-electron chi connectivity index (χ1n) is 11.4. The molecule has 0 bridgehead atoms. The number of carbonyl (C=O) groups is 1. The second kappa shape index (κ2) is 9.44. The van der Waals surface area contributed by atoms with Gasteiger partial charge in [-0.3, -0.25) is 0 Å². The molecule has 6 rings (SSSR count). The van der Waals surface area contributed by atoms with Crippen LogP contribution in [0.1, 0.15) is 0 Å². The van der Waals surface area contributed by atoms with Crippen molar-refractivity contribution in [1.29, 1.82) is 0 Å². The van der Waals surface area contributed by atoms with Gasteiger partial charge in [0.2, 0.25) is 0 Å². The molecule has 0 atom stereocenters. The lowest BCUT2D eigenvalue weighted by Gasteiger charge is -2.35. The molecular weight excluding hydrogens is 476 g/mol. The Morgan fingerprint density at radius 1 is 0.800 bits per heavy atom. The number of hydrogen-bond donors (Lipinski definition) is 1. The molecule has 1 N–H and O–H groups in total. The van der Waals surface area contributed by atoms with Gasteiger partial charge in [-0.05, 0) is 53.2 Å². The zero-order valence-electron chi connectivity index (χ0n) is 18.8. The minimum atomic E-state index is -0.105. The Balaban J connectivity index is 1.22. The molecule has 0 spiro atoms. The van der Waals surface area contributed by atoms with Crippen LogP contribution in [-0.2, 0) is 0 Å². The van der Waals surface area contributed by atoms with Crippen LogP contribution in [0.3, 0.4) is 0 Å². The Morgan fingerprint density at radius 2 is 1.51 bits per heavy atom.